The molecule has 0 bridgehead atoms. The third-order valence-electron chi connectivity index (χ3n) is 11.4. The molecule has 6 aromatic rings. The van der Waals surface area contributed by atoms with E-state index in [0.717, 1.165) is 41.6 Å². The lowest BCUT2D eigenvalue weighted by molar-refractivity contribution is -0.288. The molecule has 4 amide bonds. The highest BCUT2D eigenvalue weighted by atomic mass is 19.4. The Labute approximate surface area is 350 Å². The van der Waals surface area contributed by atoms with Crippen LogP contribution < -0.4 is 14.4 Å². The van der Waals surface area contributed by atoms with Crippen molar-refractivity contribution >= 4 is 29.3 Å². The van der Waals surface area contributed by atoms with Gasteiger partial charge in [0, 0.05) is 12.5 Å². The molecule has 0 saturated heterocycles. The average molecular weight is 849 g/mol. The number of carbonyl (C=O) groups excluding carboxylic acids is 4. The molecule has 0 N–H and O–H groups in total. The van der Waals surface area contributed by atoms with Crippen molar-refractivity contribution in [2.45, 2.75) is 44.0 Å². The minimum absolute atomic E-state index is 0.0127. The van der Waals surface area contributed by atoms with E-state index in [1.165, 1.54) is 24.3 Å². The van der Waals surface area contributed by atoms with Gasteiger partial charge in [-0.05, 0) is 114 Å². The molecule has 2 aliphatic heterocycles. The van der Waals surface area contributed by atoms with Crippen LogP contribution in [0.5, 0.6) is 23.0 Å². The van der Waals surface area contributed by atoms with Gasteiger partial charge in [0.25, 0.3) is 23.6 Å². The number of ether oxygens (including phenoxy) is 2. The van der Waals surface area contributed by atoms with Gasteiger partial charge in [-0.1, -0.05) is 67.9 Å². The van der Waals surface area contributed by atoms with Gasteiger partial charge in [0.1, 0.15) is 23.0 Å². The number of rotatable bonds is 9. The number of amides is 4. The Hall–Kier alpha value is -7.22. The van der Waals surface area contributed by atoms with E-state index in [1.807, 2.05) is 67.6 Å². The Morgan fingerprint density at radius 3 is 1.21 bits per heavy atom. The number of alkyl halides is 6. The molecular formula is C48H34F6N2O6. The minimum atomic E-state index is -6.08. The van der Waals surface area contributed by atoms with Crippen molar-refractivity contribution in [2.75, 3.05) is 11.9 Å². The van der Waals surface area contributed by atoms with Crippen LogP contribution in [0.25, 0.3) is 0 Å². The molecule has 0 aliphatic carbocycles. The van der Waals surface area contributed by atoms with Gasteiger partial charge in [0.05, 0.1) is 27.9 Å². The monoisotopic (exact) mass is 848 g/mol. The third kappa shape index (κ3) is 6.75. The molecule has 0 saturated carbocycles. The van der Waals surface area contributed by atoms with E-state index in [4.69, 9.17) is 9.47 Å². The fourth-order valence-electron chi connectivity index (χ4n) is 7.87. The van der Waals surface area contributed by atoms with Crippen molar-refractivity contribution < 1.29 is 55.0 Å². The van der Waals surface area contributed by atoms with Crippen LogP contribution in [-0.2, 0) is 10.8 Å². The molecule has 0 spiro atoms. The fourth-order valence-corrected chi connectivity index (χ4v) is 7.87. The number of nitrogens with zero attached hydrogens (tertiary/aromatic N) is 2. The standard InChI is InChI=1S/C48H34F6N2O6/c1-27-5-15-33(16-6-27)61-34-17-7-28(8-18-34)45(2,3)29-9-19-35(20-10-29)62-36-21-13-32(14-22-36)56-43(59)38-24-12-31(26-40(38)44(56)60)46(47(49,50)51,48(52,53)54)30-11-23-37-39(25-30)42(58)55(4)41(37)57/h5-26H,1-4H3. The number of anilines is 1. The van der Waals surface area contributed by atoms with Crippen molar-refractivity contribution in [3.05, 3.63) is 184 Å². The normalized spacial score (nSPS) is 14.4. The molecule has 0 unspecified atom stereocenters. The molecule has 8 rings (SSSR count). The van der Waals surface area contributed by atoms with E-state index in [2.05, 4.69) is 13.8 Å². The van der Waals surface area contributed by atoms with E-state index in [1.54, 1.807) is 12.1 Å². The first-order chi connectivity index (χ1) is 29.2. The van der Waals surface area contributed by atoms with Gasteiger partial charge < -0.3 is 9.47 Å². The highest BCUT2D eigenvalue weighted by Crippen LogP contribution is 2.57. The van der Waals surface area contributed by atoms with E-state index in [-0.39, 0.29) is 11.3 Å². The molecule has 314 valence electrons. The van der Waals surface area contributed by atoms with Crippen LogP contribution in [0.4, 0.5) is 32.0 Å². The molecule has 0 radical (unpaired) electrons. The summed E-state index contributed by atoms with van der Waals surface area (Å²) in [6, 6.07) is 31.9. The smallest absolute Gasteiger partial charge is 0.411 e. The first-order valence-electron chi connectivity index (χ1n) is 19.1. The van der Waals surface area contributed by atoms with E-state index < -0.39 is 74.6 Å². The van der Waals surface area contributed by atoms with Gasteiger partial charge in [-0.15, -0.1) is 0 Å². The summed E-state index contributed by atoms with van der Waals surface area (Å²) < 4.78 is 102. The van der Waals surface area contributed by atoms with Crippen LogP contribution in [0.15, 0.2) is 133 Å². The summed E-state index contributed by atoms with van der Waals surface area (Å²) in [7, 11) is 1.05. The number of hydrogen-bond donors (Lipinski definition) is 0. The minimum Gasteiger partial charge on any atom is -0.457 e. The second-order valence-corrected chi connectivity index (χ2v) is 15.6. The van der Waals surface area contributed by atoms with Gasteiger partial charge in [-0.25, -0.2) is 4.90 Å². The predicted molar refractivity (Wildman–Crippen MR) is 216 cm³/mol. The Bertz CT molecular complexity index is 2770. The van der Waals surface area contributed by atoms with Crippen LogP contribution in [0.2, 0.25) is 0 Å². The number of imide groups is 2. The lowest BCUT2D eigenvalue weighted by Crippen LogP contribution is -2.55. The second kappa shape index (κ2) is 14.8. The van der Waals surface area contributed by atoms with E-state index >= 15 is 26.3 Å². The first kappa shape index (κ1) is 41.5. The summed E-state index contributed by atoms with van der Waals surface area (Å²) >= 11 is 0. The summed E-state index contributed by atoms with van der Waals surface area (Å²) in [4.78, 5) is 53.4. The number of aryl methyl sites for hydroxylation is 1. The Morgan fingerprint density at radius 1 is 0.435 bits per heavy atom. The maximum Gasteiger partial charge on any atom is 0.411 e. The van der Waals surface area contributed by atoms with Crippen LogP contribution >= 0.6 is 0 Å². The fraction of sp³-hybridized carbons (Fsp3) is 0.167. The van der Waals surface area contributed by atoms with Crippen molar-refractivity contribution in [1.29, 1.82) is 0 Å². The van der Waals surface area contributed by atoms with Gasteiger partial charge in [0.2, 0.25) is 5.41 Å². The number of fused-ring (bicyclic) bond motifs is 2. The van der Waals surface area contributed by atoms with Gasteiger partial charge in [-0.3, -0.25) is 24.1 Å². The molecule has 0 atom stereocenters. The Kier molecular flexibility index (Phi) is 9.88. The van der Waals surface area contributed by atoms with Gasteiger partial charge in [-0.2, -0.15) is 26.3 Å². The van der Waals surface area contributed by atoms with E-state index in [9.17, 15) is 19.2 Å². The molecule has 2 heterocycles. The summed E-state index contributed by atoms with van der Waals surface area (Å²) in [6.07, 6.45) is -12.2. The van der Waals surface area contributed by atoms with Gasteiger partial charge >= 0.3 is 12.4 Å². The molecule has 0 aromatic heterocycles. The maximum absolute atomic E-state index is 15.1. The van der Waals surface area contributed by atoms with Crippen molar-refractivity contribution in [2.24, 2.45) is 0 Å². The van der Waals surface area contributed by atoms with Crippen LogP contribution in [0.1, 0.15) is 83.1 Å². The van der Waals surface area contributed by atoms with E-state index in [0.29, 0.717) is 51.3 Å². The van der Waals surface area contributed by atoms with Gasteiger partial charge in [0.15, 0.2) is 0 Å². The number of carbonyl (C=O) groups is 4. The van der Waals surface area contributed by atoms with Crippen LogP contribution in [0.3, 0.4) is 0 Å². The Balaban J connectivity index is 1.01. The summed E-state index contributed by atoms with van der Waals surface area (Å²) in [5, 5.41) is 0. The largest absolute Gasteiger partial charge is 0.457 e. The summed E-state index contributed by atoms with van der Waals surface area (Å²) in [6.45, 7) is 6.17. The molecule has 14 heteroatoms. The van der Waals surface area contributed by atoms with Crippen LogP contribution in [-0.4, -0.2) is 47.9 Å². The highest BCUT2D eigenvalue weighted by molar-refractivity contribution is 6.34. The Morgan fingerprint density at radius 2 is 0.774 bits per heavy atom. The SMILES string of the molecule is Cc1ccc(Oc2ccc(C(C)(C)c3ccc(Oc4ccc(N5C(=O)c6ccc(C(c7ccc8c(c7)C(=O)N(C)C8=O)(C(F)(F)F)C(F)(F)F)cc6C5=O)cc4)cc3)cc2)cc1. The zero-order valence-electron chi connectivity index (χ0n) is 33.3. The zero-order valence-corrected chi connectivity index (χ0v) is 33.3. The maximum atomic E-state index is 15.1. The first-order valence-corrected chi connectivity index (χ1v) is 19.1. The van der Waals surface area contributed by atoms with Crippen molar-refractivity contribution in [3.63, 3.8) is 0 Å². The van der Waals surface area contributed by atoms with Crippen molar-refractivity contribution in [3.8, 4) is 23.0 Å². The zero-order chi connectivity index (χ0) is 44.5. The molecule has 2 aliphatic rings. The summed E-state index contributed by atoms with van der Waals surface area (Å²) in [5.74, 6) is -1.86. The molecule has 8 nitrogen and oxygen atoms in total. The predicted octanol–water partition coefficient (Wildman–Crippen LogP) is 11.3. The third-order valence-corrected chi connectivity index (χ3v) is 11.4. The quantitative estimate of drug-likeness (QED) is 0.106. The topological polar surface area (TPSA) is 93.2 Å². The summed E-state index contributed by atoms with van der Waals surface area (Å²) in [5.41, 5.74) is -6.90. The molecule has 0 fully saturated rings. The number of benzene rings is 6. The number of halogens is 6. The number of hydrogen-bond acceptors (Lipinski definition) is 6. The van der Waals surface area contributed by atoms with Crippen LogP contribution in [0, 0.1) is 6.92 Å². The molecular weight excluding hydrogens is 815 g/mol. The lowest BCUT2D eigenvalue weighted by Gasteiger charge is -2.38. The lowest BCUT2D eigenvalue weighted by atomic mass is 9.71. The molecule has 6 aromatic carbocycles. The average Bonchev–Trinajstić information content (AvgIpc) is 3.60. The second-order valence-electron chi connectivity index (χ2n) is 15.6. The molecule has 62 heavy (non-hydrogen) atoms. The van der Waals surface area contributed by atoms with Crippen molar-refractivity contribution in [1.82, 2.24) is 4.90 Å². The highest BCUT2D eigenvalue weighted by Gasteiger charge is 2.73.